The first kappa shape index (κ1) is 19.6. The van der Waals surface area contributed by atoms with E-state index in [2.05, 4.69) is 20.8 Å². The average Bonchev–Trinajstić information content (AvgIpc) is 2.73. The number of nitrogens with one attached hydrogen (secondary N) is 3. The Bertz CT molecular complexity index is 974. The van der Waals surface area contributed by atoms with E-state index in [1.54, 1.807) is 12.1 Å². The van der Waals surface area contributed by atoms with E-state index in [1.165, 1.54) is 6.07 Å². The molecule has 1 aromatic carbocycles. The summed E-state index contributed by atoms with van der Waals surface area (Å²) in [5.41, 5.74) is 8.81. The van der Waals surface area contributed by atoms with Crippen LogP contribution in [-0.2, 0) is 12.8 Å². The highest BCUT2D eigenvalue weighted by atomic mass is 19.1. The number of benzene rings is 1. The monoisotopic (exact) mass is 399 g/mol. The number of rotatable bonds is 4. The molecule has 4 rings (SSSR count). The van der Waals surface area contributed by atoms with E-state index in [0.717, 1.165) is 49.9 Å². The van der Waals surface area contributed by atoms with E-state index >= 15 is 0 Å². The number of amides is 1. The Kier molecular flexibility index (Phi) is 5.62. The normalized spacial score (nSPS) is 21.2. The Morgan fingerprint density at radius 2 is 2.10 bits per heavy atom. The fourth-order valence-corrected chi connectivity index (χ4v) is 4.22. The summed E-state index contributed by atoms with van der Waals surface area (Å²) in [5, 5.41) is 12.9. The minimum atomic E-state index is -0.565. The van der Waals surface area contributed by atoms with Crippen LogP contribution in [0.15, 0.2) is 23.0 Å². The third-order valence-electron chi connectivity index (χ3n) is 5.85. The molecule has 7 nitrogen and oxygen atoms in total. The van der Waals surface area contributed by atoms with E-state index in [1.807, 2.05) is 0 Å². The third-order valence-corrected chi connectivity index (χ3v) is 5.85. The maximum absolute atomic E-state index is 14.4. The lowest BCUT2D eigenvalue weighted by Crippen LogP contribution is -2.49. The lowest BCUT2D eigenvalue weighted by atomic mass is 9.90. The molecule has 1 amide bonds. The number of anilines is 1. The number of aromatic nitrogens is 2. The van der Waals surface area contributed by atoms with E-state index < -0.39 is 11.7 Å². The first-order valence-electron chi connectivity index (χ1n) is 10.2. The second-order valence-corrected chi connectivity index (χ2v) is 7.90. The van der Waals surface area contributed by atoms with E-state index in [9.17, 15) is 14.0 Å². The van der Waals surface area contributed by atoms with E-state index in [0.29, 0.717) is 24.1 Å². The number of nitrogens with two attached hydrogens (primary N) is 1. The first-order chi connectivity index (χ1) is 14.0. The Morgan fingerprint density at radius 1 is 1.28 bits per heavy atom. The van der Waals surface area contributed by atoms with Gasteiger partial charge in [-0.25, -0.2) is 9.49 Å². The number of aromatic amines is 1. The standard InChI is InChI=1S/C21H26FN5O2/c22-15-8-7-12(10-14(15)20(28)25-17-6-2-1-5-16(17)23)11-18-19-13(4-3-9-24-19)21(29)27-26-18/h7-8,10,16-17,24H,1-6,9,11,23H2,(H,25,28)(H,27,29)/t16-,17-/m0/s1. The van der Waals surface area contributed by atoms with Gasteiger partial charge in [0.25, 0.3) is 11.5 Å². The molecule has 0 unspecified atom stereocenters. The highest BCUT2D eigenvalue weighted by Crippen LogP contribution is 2.24. The van der Waals surface area contributed by atoms with Crippen LogP contribution in [0, 0.1) is 5.82 Å². The maximum atomic E-state index is 14.4. The van der Waals surface area contributed by atoms with Gasteiger partial charge in [0.05, 0.1) is 16.9 Å². The summed E-state index contributed by atoms with van der Waals surface area (Å²) < 4.78 is 14.4. The molecule has 2 atom stereocenters. The van der Waals surface area contributed by atoms with Crippen molar-refractivity contribution in [2.24, 2.45) is 5.73 Å². The van der Waals surface area contributed by atoms with Crippen molar-refractivity contribution in [2.45, 2.75) is 57.0 Å². The number of carbonyl (C=O) groups is 1. The van der Waals surface area contributed by atoms with Gasteiger partial charge in [0, 0.05) is 30.6 Å². The summed E-state index contributed by atoms with van der Waals surface area (Å²) in [6.45, 7) is 0.782. The van der Waals surface area contributed by atoms with Crippen LogP contribution in [0.5, 0.6) is 0 Å². The molecule has 2 aliphatic rings. The van der Waals surface area contributed by atoms with Crippen molar-refractivity contribution in [3.05, 3.63) is 56.8 Å². The van der Waals surface area contributed by atoms with Crippen LogP contribution < -0.4 is 21.9 Å². The van der Waals surface area contributed by atoms with Gasteiger partial charge in [-0.3, -0.25) is 9.59 Å². The molecule has 0 saturated heterocycles. The Hall–Kier alpha value is -2.74. The summed E-state index contributed by atoms with van der Waals surface area (Å²) in [7, 11) is 0. The zero-order valence-corrected chi connectivity index (χ0v) is 16.3. The Balaban J connectivity index is 1.56. The molecule has 0 radical (unpaired) electrons. The van der Waals surface area contributed by atoms with Gasteiger partial charge in [0.1, 0.15) is 5.82 Å². The molecule has 29 heavy (non-hydrogen) atoms. The number of halogens is 1. The van der Waals surface area contributed by atoms with Crippen LogP contribution in [0.25, 0.3) is 0 Å². The molecule has 1 aromatic heterocycles. The molecule has 2 aromatic rings. The second kappa shape index (κ2) is 8.32. The molecule has 1 fully saturated rings. The molecule has 0 spiro atoms. The van der Waals surface area contributed by atoms with Crippen molar-refractivity contribution >= 4 is 11.6 Å². The van der Waals surface area contributed by atoms with Crippen LogP contribution in [0.2, 0.25) is 0 Å². The molecule has 1 aliphatic carbocycles. The fourth-order valence-electron chi connectivity index (χ4n) is 4.22. The van der Waals surface area contributed by atoms with Crippen LogP contribution in [0.1, 0.15) is 59.3 Å². The van der Waals surface area contributed by atoms with E-state index in [-0.39, 0.29) is 23.2 Å². The van der Waals surface area contributed by atoms with Gasteiger partial charge < -0.3 is 16.4 Å². The van der Waals surface area contributed by atoms with Crippen molar-refractivity contribution in [2.75, 3.05) is 11.9 Å². The van der Waals surface area contributed by atoms with Crippen LogP contribution in [-0.4, -0.2) is 34.7 Å². The predicted octanol–water partition coefficient (Wildman–Crippen LogP) is 1.86. The van der Waals surface area contributed by atoms with E-state index in [4.69, 9.17) is 5.73 Å². The molecule has 0 bridgehead atoms. The maximum Gasteiger partial charge on any atom is 0.269 e. The molecular formula is C21H26FN5O2. The van der Waals surface area contributed by atoms with Crippen LogP contribution >= 0.6 is 0 Å². The molecule has 1 saturated carbocycles. The molecule has 1 aliphatic heterocycles. The summed E-state index contributed by atoms with van der Waals surface area (Å²) in [5.74, 6) is -1.01. The van der Waals surface area contributed by atoms with Crippen molar-refractivity contribution in [3.8, 4) is 0 Å². The highest BCUT2D eigenvalue weighted by Gasteiger charge is 2.25. The van der Waals surface area contributed by atoms with Gasteiger partial charge in [-0.2, -0.15) is 5.10 Å². The Morgan fingerprint density at radius 3 is 2.93 bits per heavy atom. The van der Waals surface area contributed by atoms with Gasteiger partial charge in [0.15, 0.2) is 0 Å². The first-order valence-corrected chi connectivity index (χ1v) is 10.2. The summed E-state index contributed by atoms with van der Waals surface area (Å²) in [6.07, 6.45) is 5.72. The Labute approximate surface area is 168 Å². The summed E-state index contributed by atoms with van der Waals surface area (Å²) in [6, 6.07) is 4.27. The lowest BCUT2D eigenvalue weighted by Gasteiger charge is -2.29. The largest absolute Gasteiger partial charge is 0.383 e. The number of hydrogen-bond donors (Lipinski definition) is 4. The van der Waals surface area contributed by atoms with Crippen LogP contribution in [0.4, 0.5) is 10.1 Å². The number of H-pyrrole nitrogens is 1. The molecule has 8 heteroatoms. The third kappa shape index (κ3) is 4.17. The van der Waals surface area contributed by atoms with Gasteiger partial charge >= 0.3 is 0 Å². The van der Waals surface area contributed by atoms with Gasteiger partial charge in [-0.15, -0.1) is 0 Å². The van der Waals surface area contributed by atoms with Crippen molar-refractivity contribution in [3.63, 3.8) is 0 Å². The SMILES string of the molecule is N[C@H]1CCCC[C@@H]1NC(=O)c1cc(Cc2n[nH]c(=O)c3c2NCCC3)ccc1F. The topological polar surface area (TPSA) is 113 Å². The fraction of sp³-hybridized carbons (Fsp3) is 0.476. The molecule has 154 valence electrons. The highest BCUT2D eigenvalue weighted by molar-refractivity contribution is 5.95. The van der Waals surface area contributed by atoms with Crippen LogP contribution in [0.3, 0.4) is 0 Å². The average molecular weight is 399 g/mol. The number of carbonyl (C=O) groups excluding carboxylic acids is 1. The van der Waals surface area contributed by atoms with Gasteiger partial charge in [0.2, 0.25) is 0 Å². The predicted molar refractivity (Wildman–Crippen MR) is 109 cm³/mol. The molecule has 5 N–H and O–H groups in total. The molecular weight excluding hydrogens is 373 g/mol. The lowest BCUT2D eigenvalue weighted by molar-refractivity contribution is 0.0917. The second-order valence-electron chi connectivity index (χ2n) is 7.90. The summed E-state index contributed by atoms with van der Waals surface area (Å²) in [4.78, 5) is 24.7. The van der Waals surface area contributed by atoms with Gasteiger partial charge in [-0.05, 0) is 43.4 Å². The minimum absolute atomic E-state index is 0.00604. The number of fused-ring (bicyclic) bond motifs is 1. The number of hydrogen-bond acceptors (Lipinski definition) is 5. The van der Waals surface area contributed by atoms with Crippen molar-refractivity contribution in [1.29, 1.82) is 0 Å². The minimum Gasteiger partial charge on any atom is -0.383 e. The zero-order chi connectivity index (χ0) is 20.4. The summed E-state index contributed by atoms with van der Waals surface area (Å²) >= 11 is 0. The quantitative estimate of drug-likeness (QED) is 0.627. The zero-order valence-electron chi connectivity index (χ0n) is 16.3. The molecule has 2 heterocycles. The smallest absolute Gasteiger partial charge is 0.269 e. The van der Waals surface area contributed by atoms with Crippen molar-refractivity contribution in [1.82, 2.24) is 15.5 Å². The van der Waals surface area contributed by atoms with Gasteiger partial charge in [-0.1, -0.05) is 18.9 Å². The van der Waals surface area contributed by atoms with Crippen molar-refractivity contribution < 1.29 is 9.18 Å². The number of nitrogens with zero attached hydrogens (tertiary/aromatic N) is 1.